The SMILES string of the molecule is Cc1cccn2c(CC(=O)O)c(-c3ccc4c(c3)OCO4)nc12. The van der Waals surface area contributed by atoms with Crippen LogP contribution in [0.1, 0.15) is 11.3 Å². The van der Waals surface area contributed by atoms with Crippen LogP contribution in [-0.4, -0.2) is 27.3 Å². The Balaban J connectivity index is 1.95. The highest BCUT2D eigenvalue weighted by Gasteiger charge is 2.20. The minimum atomic E-state index is -0.893. The molecule has 0 spiro atoms. The molecule has 6 nitrogen and oxygen atoms in total. The summed E-state index contributed by atoms with van der Waals surface area (Å²) in [6.07, 6.45) is 1.73. The van der Waals surface area contributed by atoms with Crippen LogP contribution in [-0.2, 0) is 11.2 Å². The lowest BCUT2D eigenvalue weighted by atomic mass is 10.1. The van der Waals surface area contributed by atoms with E-state index >= 15 is 0 Å². The van der Waals surface area contributed by atoms with E-state index in [0.29, 0.717) is 22.9 Å². The molecule has 0 atom stereocenters. The summed E-state index contributed by atoms with van der Waals surface area (Å²) in [5.74, 6) is 0.446. The lowest BCUT2D eigenvalue weighted by Gasteiger charge is -2.04. The highest BCUT2D eigenvalue weighted by Crippen LogP contribution is 2.37. The van der Waals surface area contributed by atoms with Crippen molar-refractivity contribution in [2.45, 2.75) is 13.3 Å². The summed E-state index contributed by atoms with van der Waals surface area (Å²) in [6, 6.07) is 9.37. The van der Waals surface area contributed by atoms with Crippen LogP contribution in [0.4, 0.5) is 0 Å². The van der Waals surface area contributed by atoms with Crippen molar-refractivity contribution in [2.24, 2.45) is 0 Å². The number of fused-ring (bicyclic) bond motifs is 2. The van der Waals surface area contributed by atoms with Crippen molar-refractivity contribution in [3.63, 3.8) is 0 Å². The first-order chi connectivity index (χ1) is 11.1. The van der Waals surface area contributed by atoms with E-state index in [2.05, 4.69) is 4.98 Å². The lowest BCUT2D eigenvalue weighted by molar-refractivity contribution is -0.136. The Morgan fingerprint density at radius 1 is 1.30 bits per heavy atom. The van der Waals surface area contributed by atoms with Gasteiger partial charge in [0.25, 0.3) is 0 Å². The average Bonchev–Trinajstić information content (AvgIpc) is 3.12. The third-order valence-corrected chi connectivity index (χ3v) is 3.91. The van der Waals surface area contributed by atoms with E-state index in [4.69, 9.17) is 9.47 Å². The average molecular weight is 310 g/mol. The van der Waals surface area contributed by atoms with Crippen LogP contribution in [0.15, 0.2) is 36.5 Å². The Bertz CT molecular complexity index is 930. The minimum absolute atomic E-state index is 0.103. The third-order valence-electron chi connectivity index (χ3n) is 3.91. The number of hydrogen-bond donors (Lipinski definition) is 1. The summed E-state index contributed by atoms with van der Waals surface area (Å²) in [5, 5.41) is 9.25. The molecule has 1 aliphatic rings. The Morgan fingerprint density at radius 3 is 2.96 bits per heavy atom. The molecular formula is C17H14N2O4. The summed E-state index contributed by atoms with van der Waals surface area (Å²) >= 11 is 0. The van der Waals surface area contributed by atoms with Crippen LogP contribution in [0.2, 0.25) is 0 Å². The number of benzene rings is 1. The Morgan fingerprint density at radius 2 is 2.13 bits per heavy atom. The number of rotatable bonds is 3. The molecule has 0 saturated carbocycles. The molecule has 0 radical (unpaired) electrons. The van der Waals surface area contributed by atoms with Crippen LogP contribution >= 0.6 is 0 Å². The molecule has 0 bridgehead atoms. The summed E-state index contributed by atoms with van der Waals surface area (Å²) in [7, 11) is 0. The first kappa shape index (κ1) is 13.6. The Labute approximate surface area is 131 Å². The number of aryl methyl sites for hydroxylation is 1. The van der Waals surface area contributed by atoms with E-state index in [9.17, 15) is 9.90 Å². The summed E-state index contributed by atoms with van der Waals surface area (Å²) in [5.41, 5.74) is 3.87. The largest absolute Gasteiger partial charge is 0.481 e. The van der Waals surface area contributed by atoms with Gasteiger partial charge >= 0.3 is 5.97 Å². The van der Waals surface area contributed by atoms with Crippen molar-refractivity contribution in [3.05, 3.63) is 47.8 Å². The van der Waals surface area contributed by atoms with E-state index < -0.39 is 5.97 Å². The van der Waals surface area contributed by atoms with Gasteiger partial charge in [-0.2, -0.15) is 0 Å². The Hall–Kier alpha value is -3.02. The van der Waals surface area contributed by atoms with Crippen molar-refractivity contribution in [2.75, 3.05) is 6.79 Å². The maximum absolute atomic E-state index is 11.3. The molecule has 1 aliphatic heterocycles. The van der Waals surface area contributed by atoms with Crippen LogP contribution < -0.4 is 9.47 Å². The van der Waals surface area contributed by atoms with Crippen LogP contribution in [0.25, 0.3) is 16.9 Å². The maximum atomic E-state index is 11.3. The second-order valence-electron chi connectivity index (χ2n) is 5.43. The van der Waals surface area contributed by atoms with Crippen molar-refractivity contribution in [1.29, 1.82) is 0 Å². The van der Waals surface area contributed by atoms with Gasteiger partial charge in [0.2, 0.25) is 6.79 Å². The monoisotopic (exact) mass is 310 g/mol. The fourth-order valence-electron chi connectivity index (χ4n) is 2.84. The number of pyridine rings is 1. The van der Waals surface area contributed by atoms with Gasteiger partial charge in [-0.25, -0.2) is 4.98 Å². The molecule has 0 amide bonds. The molecule has 4 rings (SSSR count). The van der Waals surface area contributed by atoms with E-state index in [1.54, 1.807) is 0 Å². The summed E-state index contributed by atoms with van der Waals surface area (Å²) < 4.78 is 12.6. The molecule has 0 saturated heterocycles. The maximum Gasteiger partial charge on any atom is 0.309 e. The lowest BCUT2D eigenvalue weighted by Crippen LogP contribution is -2.04. The van der Waals surface area contributed by atoms with Gasteiger partial charge in [-0.05, 0) is 36.8 Å². The van der Waals surface area contributed by atoms with Gasteiger partial charge in [-0.1, -0.05) is 6.07 Å². The third kappa shape index (κ3) is 2.19. The summed E-state index contributed by atoms with van der Waals surface area (Å²) in [6.45, 7) is 2.15. The highest BCUT2D eigenvalue weighted by atomic mass is 16.7. The van der Waals surface area contributed by atoms with Crippen LogP contribution in [0.3, 0.4) is 0 Å². The Kier molecular flexibility index (Phi) is 2.97. The number of aromatic nitrogens is 2. The number of nitrogens with zero attached hydrogens (tertiary/aromatic N) is 2. The van der Waals surface area contributed by atoms with Gasteiger partial charge in [0, 0.05) is 11.8 Å². The number of carbonyl (C=O) groups is 1. The van der Waals surface area contributed by atoms with E-state index in [-0.39, 0.29) is 13.2 Å². The molecule has 1 N–H and O–H groups in total. The number of aliphatic carboxylic acids is 1. The number of hydrogen-bond acceptors (Lipinski definition) is 4. The first-order valence-corrected chi connectivity index (χ1v) is 7.22. The second kappa shape index (κ2) is 5.01. The minimum Gasteiger partial charge on any atom is -0.481 e. The zero-order valence-electron chi connectivity index (χ0n) is 12.4. The molecule has 0 fully saturated rings. The zero-order chi connectivity index (χ0) is 16.0. The molecule has 23 heavy (non-hydrogen) atoms. The molecule has 116 valence electrons. The molecule has 2 aromatic heterocycles. The molecule has 3 aromatic rings. The highest BCUT2D eigenvalue weighted by molar-refractivity contribution is 5.77. The van der Waals surface area contributed by atoms with Crippen LogP contribution in [0, 0.1) is 6.92 Å². The van der Waals surface area contributed by atoms with Crippen molar-refractivity contribution >= 4 is 11.6 Å². The van der Waals surface area contributed by atoms with E-state index in [0.717, 1.165) is 16.8 Å². The van der Waals surface area contributed by atoms with Gasteiger partial charge in [0.05, 0.1) is 17.8 Å². The quantitative estimate of drug-likeness (QED) is 0.805. The predicted molar refractivity (Wildman–Crippen MR) is 82.8 cm³/mol. The first-order valence-electron chi connectivity index (χ1n) is 7.22. The molecule has 1 aromatic carbocycles. The molecular weight excluding hydrogens is 296 g/mol. The fourth-order valence-corrected chi connectivity index (χ4v) is 2.84. The van der Waals surface area contributed by atoms with E-state index in [1.165, 1.54) is 0 Å². The van der Waals surface area contributed by atoms with Crippen molar-refractivity contribution < 1.29 is 19.4 Å². The van der Waals surface area contributed by atoms with Crippen molar-refractivity contribution in [1.82, 2.24) is 9.38 Å². The van der Waals surface area contributed by atoms with Crippen LogP contribution in [0.5, 0.6) is 11.5 Å². The number of carboxylic acids is 1. The molecule has 0 aliphatic carbocycles. The second-order valence-corrected chi connectivity index (χ2v) is 5.43. The van der Waals surface area contributed by atoms with Gasteiger partial charge in [-0.15, -0.1) is 0 Å². The van der Waals surface area contributed by atoms with Gasteiger partial charge in [-0.3, -0.25) is 4.79 Å². The van der Waals surface area contributed by atoms with Gasteiger partial charge in [0.15, 0.2) is 11.5 Å². The van der Waals surface area contributed by atoms with Gasteiger partial charge < -0.3 is 19.0 Å². The standard InChI is InChI=1S/C17H14N2O4/c1-10-3-2-6-19-12(8-15(20)21)16(18-17(10)19)11-4-5-13-14(7-11)23-9-22-13/h2-7H,8-9H2,1H3,(H,20,21). The molecule has 0 unspecified atom stereocenters. The number of carboxylic acid groups (broad SMARTS) is 1. The van der Waals surface area contributed by atoms with Crippen molar-refractivity contribution in [3.8, 4) is 22.8 Å². The smallest absolute Gasteiger partial charge is 0.309 e. The molecule has 3 heterocycles. The number of ether oxygens (including phenoxy) is 2. The van der Waals surface area contributed by atoms with E-state index in [1.807, 2.05) is 47.9 Å². The number of imidazole rings is 1. The molecule has 6 heteroatoms. The topological polar surface area (TPSA) is 73.1 Å². The van der Waals surface area contributed by atoms with Gasteiger partial charge in [0.1, 0.15) is 5.65 Å². The fraction of sp³-hybridized carbons (Fsp3) is 0.176. The zero-order valence-corrected chi connectivity index (χ0v) is 12.4. The predicted octanol–water partition coefficient (Wildman–Crippen LogP) is 2.67. The summed E-state index contributed by atoms with van der Waals surface area (Å²) in [4.78, 5) is 15.9. The normalized spacial score (nSPS) is 12.7.